The van der Waals surface area contributed by atoms with Gasteiger partial charge in [-0.25, -0.2) is 19.2 Å². The predicted molar refractivity (Wildman–Crippen MR) is 237 cm³/mol. The molecule has 0 unspecified atom stereocenters. The number of rotatable bonds is 8. The molecule has 0 spiro atoms. The van der Waals surface area contributed by atoms with Crippen LogP contribution in [0, 0.1) is 22.7 Å². The van der Waals surface area contributed by atoms with Crippen LogP contribution in [0.4, 0.5) is 21.2 Å². The highest BCUT2D eigenvalue weighted by Gasteiger charge is 2.28. The summed E-state index contributed by atoms with van der Waals surface area (Å²) >= 11 is 0. The van der Waals surface area contributed by atoms with Gasteiger partial charge in [-0.05, 0) is 90.5 Å². The minimum absolute atomic E-state index is 0.148. The summed E-state index contributed by atoms with van der Waals surface area (Å²) in [7, 11) is 1.43. The number of H-pyrrole nitrogens is 1. The number of anilines is 2. The summed E-state index contributed by atoms with van der Waals surface area (Å²) < 4.78 is 14.7. The maximum Gasteiger partial charge on any atom is 0.407 e. The van der Waals surface area contributed by atoms with E-state index in [0.717, 1.165) is 30.3 Å². The minimum Gasteiger partial charge on any atom is -0.444 e. The molecule has 2 saturated heterocycles. The molecule has 2 aliphatic rings. The lowest BCUT2D eigenvalue weighted by molar-refractivity contribution is 0.0488. The monoisotopic (exact) mass is 864 g/mol. The summed E-state index contributed by atoms with van der Waals surface area (Å²) in [6.45, 7) is 13.3. The number of nitrogens with zero attached hydrogens (tertiary/aromatic N) is 7. The van der Waals surface area contributed by atoms with Crippen molar-refractivity contribution in [3.05, 3.63) is 125 Å². The number of carbonyl (C=O) groups excluding carboxylic acids is 2. The van der Waals surface area contributed by atoms with Crippen molar-refractivity contribution in [1.29, 1.82) is 10.5 Å². The maximum atomic E-state index is 13.0. The standard InChI is InChI=1S/C23H29N5O4.C22H27N5O4/c1-23(2,3)32-21(30)25-18-10-7-11-27(15-18)19-12-20(29)26(4)22(31)28(19)14-17-9-6-5-8-16(17)13-24;1-22(2,3)31-21(30)24-17-9-6-10-26(14-17)19-11-18(28)25-20(29)27(19)13-16-8-5-4-7-15(16)12-23/h5-6,8-9,12,18H,7,10-11,14-15H2,1-4H3,(H,25,30);4-5,7-8,11,17H,6,9-10,13-14H2,1-3H3,(H,24,30)(H,25,28,29)/t18-;17-/m11/s1. The van der Waals surface area contributed by atoms with E-state index >= 15 is 0 Å². The van der Waals surface area contributed by atoms with Crippen LogP contribution in [0.2, 0.25) is 0 Å². The number of amides is 2. The third kappa shape index (κ3) is 13.0. The molecule has 6 rings (SSSR count). The topological polar surface area (TPSA) is 230 Å². The zero-order valence-corrected chi connectivity index (χ0v) is 36.9. The van der Waals surface area contributed by atoms with Crippen molar-refractivity contribution >= 4 is 23.8 Å². The SMILES string of the molecule is CC(C)(C)OC(=O)N[C@@H]1CCCN(c2cc(=O)[nH]c(=O)n2Cc2ccccc2C#N)C1.Cn1c(=O)cc(N2CCC[C@@H](NC(=O)OC(C)(C)C)C2)n(Cc2ccccc2C#N)c1=O. The largest absolute Gasteiger partial charge is 0.444 e. The first kappa shape index (κ1) is 47.0. The van der Waals surface area contributed by atoms with Crippen LogP contribution in [0.1, 0.15) is 89.5 Å². The Morgan fingerprint density at radius 2 is 1.16 bits per heavy atom. The average molecular weight is 865 g/mol. The third-order valence-electron chi connectivity index (χ3n) is 10.3. The first-order valence-electron chi connectivity index (χ1n) is 20.8. The number of ether oxygens (including phenoxy) is 2. The number of nitriles is 2. The lowest BCUT2D eigenvalue weighted by atomic mass is 10.1. The second-order valence-corrected chi connectivity index (χ2v) is 17.6. The van der Waals surface area contributed by atoms with Gasteiger partial charge in [0, 0.05) is 57.4 Å². The number of aromatic nitrogens is 4. The zero-order valence-electron chi connectivity index (χ0n) is 36.9. The van der Waals surface area contributed by atoms with Crippen LogP contribution in [-0.2, 0) is 29.6 Å². The molecule has 3 N–H and O–H groups in total. The van der Waals surface area contributed by atoms with Gasteiger partial charge >= 0.3 is 23.6 Å². The first-order valence-corrected chi connectivity index (χ1v) is 20.8. The molecule has 0 aliphatic carbocycles. The van der Waals surface area contributed by atoms with Crippen LogP contribution in [0.3, 0.4) is 0 Å². The van der Waals surface area contributed by atoms with Crippen LogP contribution in [0.5, 0.6) is 0 Å². The molecule has 18 nitrogen and oxygen atoms in total. The average Bonchev–Trinajstić information content (AvgIpc) is 3.21. The fraction of sp³-hybridized carbons (Fsp3) is 0.467. The maximum absolute atomic E-state index is 13.0. The van der Waals surface area contributed by atoms with Gasteiger partial charge in [-0.1, -0.05) is 36.4 Å². The molecule has 2 fully saturated rings. The van der Waals surface area contributed by atoms with E-state index < -0.39 is 45.9 Å². The van der Waals surface area contributed by atoms with Crippen molar-refractivity contribution in [2.75, 3.05) is 36.0 Å². The molecule has 2 aromatic heterocycles. The Kier molecular flexibility index (Phi) is 15.1. The number of nitrogens with one attached hydrogen (secondary N) is 3. The molecule has 4 aromatic rings. The second-order valence-electron chi connectivity index (χ2n) is 17.6. The second kappa shape index (κ2) is 20.2. The number of aromatic amines is 1. The van der Waals surface area contributed by atoms with E-state index in [2.05, 4.69) is 27.8 Å². The van der Waals surface area contributed by atoms with Gasteiger partial charge in [-0.2, -0.15) is 10.5 Å². The fourth-order valence-electron chi connectivity index (χ4n) is 7.42. The van der Waals surface area contributed by atoms with Crippen LogP contribution < -0.4 is 42.9 Å². The molecule has 63 heavy (non-hydrogen) atoms. The number of carbonyl (C=O) groups is 2. The molecule has 0 bridgehead atoms. The highest BCUT2D eigenvalue weighted by molar-refractivity contribution is 5.68. The van der Waals surface area contributed by atoms with Crippen molar-refractivity contribution in [1.82, 2.24) is 29.3 Å². The number of piperidine rings is 2. The third-order valence-corrected chi connectivity index (χ3v) is 10.3. The Morgan fingerprint density at radius 1 is 0.714 bits per heavy atom. The summed E-state index contributed by atoms with van der Waals surface area (Å²) in [5.74, 6) is 0.929. The molecular formula is C45H56N10O8. The van der Waals surface area contributed by atoms with Gasteiger partial charge in [0.25, 0.3) is 11.1 Å². The van der Waals surface area contributed by atoms with Gasteiger partial charge in [-0.15, -0.1) is 0 Å². The molecule has 2 amide bonds. The van der Waals surface area contributed by atoms with E-state index in [1.165, 1.54) is 28.3 Å². The van der Waals surface area contributed by atoms with Gasteiger partial charge in [0.2, 0.25) is 0 Å². The quantitative estimate of drug-likeness (QED) is 0.229. The molecule has 18 heteroatoms. The zero-order chi connectivity index (χ0) is 46.1. The van der Waals surface area contributed by atoms with Crippen molar-refractivity contribution in [3.63, 3.8) is 0 Å². The van der Waals surface area contributed by atoms with Crippen LogP contribution in [0.15, 0.2) is 79.8 Å². The fourth-order valence-corrected chi connectivity index (χ4v) is 7.42. The Morgan fingerprint density at radius 3 is 1.62 bits per heavy atom. The molecule has 0 saturated carbocycles. The Bertz CT molecular complexity index is 2620. The summed E-state index contributed by atoms with van der Waals surface area (Å²) in [6, 6.07) is 20.8. The summed E-state index contributed by atoms with van der Waals surface area (Å²) in [4.78, 5) is 80.6. The summed E-state index contributed by atoms with van der Waals surface area (Å²) in [5, 5.41) is 24.6. The van der Waals surface area contributed by atoms with E-state index in [1.54, 1.807) is 84.0 Å². The number of hydrogen-bond acceptors (Lipinski definition) is 12. The highest BCUT2D eigenvalue weighted by atomic mass is 16.6. The van der Waals surface area contributed by atoms with Gasteiger partial charge in [0.15, 0.2) is 0 Å². The van der Waals surface area contributed by atoms with E-state index in [-0.39, 0.29) is 25.2 Å². The number of benzene rings is 2. The number of hydrogen-bond donors (Lipinski definition) is 3. The molecule has 334 valence electrons. The van der Waals surface area contributed by atoms with Gasteiger partial charge in [0.1, 0.15) is 22.8 Å². The Hall–Kier alpha value is -7.08. The van der Waals surface area contributed by atoms with Crippen molar-refractivity contribution in [2.24, 2.45) is 7.05 Å². The van der Waals surface area contributed by atoms with E-state index in [1.807, 2.05) is 15.9 Å². The van der Waals surface area contributed by atoms with Crippen molar-refractivity contribution in [3.8, 4) is 12.1 Å². The minimum atomic E-state index is -0.599. The van der Waals surface area contributed by atoms with Crippen molar-refractivity contribution in [2.45, 2.75) is 104 Å². The van der Waals surface area contributed by atoms with Crippen LogP contribution >= 0.6 is 0 Å². The first-order chi connectivity index (χ1) is 29.7. The molecule has 0 radical (unpaired) electrons. The highest BCUT2D eigenvalue weighted by Crippen LogP contribution is 2.22. The normalized spacial score (nSPS) is 16.4. The van der Waals surface area contributed by atoms with Gasteiger partial charge in [0.05, 0.1) is 36.4 Å². The van der Waals surface area contributed by atoms with E-state index in [0.29, 0.717) is 60.1 Å². The molecule has 2 atom stereocenters. The van der Waals surface area contributed by atoms with Gasteiger partial charge in [-0.3, -0.25) is 28.3 Å². The molecule has 2 aliphatic heterocycles. The Balaban J connectivity index is 0.000000238. The molecule has 2 aromatic carbocycles. The lowest BCUT2D eigenvalue weighted by Gasteiger charge is -2.36. The summed E-state index contributed by atoms with van der Waals surface area (Å²) in [5.41, 5.74) is -0.780. The smallest absolute Gasteiger partial charge is 0.407 e. The molecular weight excluding hydrogens is 809 g/mol. The van der Waals surface area contributed by atoms with Crippen LogP contribution in [0.25, 0.3) is 0 Å². The van der Waals surface area contributed by atoms with Crippen molar-refractivity contribution < 1.29 is 19.1 Å². The summed E-state index contributed by atoms with van der Waals surface area (Å²) in [6.07, 6.45) is 2.09. The van der Waals surface area contributed by atoms with E-state index in [4.69, 9.17) is 9.47 Å². The predicted octanol–water partition coefficient (Wildman–Crippen LogP) is 3.91. The molecule has 4 heterocycles. The van der Waals surface area contributed by atoms with Crippen LogP contribution in [-0.4, -0.2) is 80.3 Å². The lowest BCUT2D eigenvalue weighted by Crippen LogP contribution is -2.51. The van der Waals surface area contributed by atoms with E-state index in [9.17, 15) is 39.3 Å². The Labute approximate surface area is 365 Å². The number of alkyl carbamates (subject to hydrolysis) is 2. The van der Waals surface area contributed by atoms with Gasteiger partial charge < -0.3 is 29.9 Å².